The van der Waals surface area contributed by atoms with Crippen LogP contribution in [0.3, 0.4) is 0 Å². The molecule has 0 spiro atoms. The van der Waals surface area contributed by atoms with Crippen LogP contribution in [0.2, 0.25) is 0 Å². The first-order valence-corrected chi connectivity index (χ1v) is 9.62. The molecule has 0 aliphatic heterocycles. The molecule has 25 heavy (non-hydrogen) atoms. The van der Waals surface area contributed by atoms with Gasteiger partial charge in [-0.05, 0) is 29.3 Å². The highest BCUT2D eigenvalue weighted by molar-refractivity contribution is 7.90. The molecule has 0 atom stereocenters. The van der Waals surface area contributed by atoms with Crippen molar-refractivity contribution in [2.75, 3.05) is 18.7 Å². The van der Waals surface area contributed by atoms with E-state index in [2.05, 4.69) is 15.3 Å². The van der Waals surface area contributed by atoms with Crippen LogP contribution in [0.4, 0.5) is 5.82 Å². The Hall–Kier alpha value is -2.51. The molecule has 2 aromatic carbocycles. The van der Waals surface area contributed by atoms with Crippen LogP contribution in [0.1, 0.15) is 11.1 Å². The van der Waals surface area contributed by atoms with Crippen molar-refractivity contribution >= 4 is 26.6 Å². The second-order valence-corrected chi connectivity index (χ2v) is 7.79. The second-order valence-electron chi connectivity index (χ2n) is 5.78. The minimum absolute atomic E-state index is 0.252. The normalized spacial score (nSPS) is 11.6. The number of aromatic nitrogens is 2. The number of methoxy groups -OCH3 is 1. The molecule has 0 radical (unpaired) electrons. The molecule has 0 saturated heterocycles. The predicted molar refractivity (Wildman–Crippen MR) is 97.1 cm³/mol. The van der Waals surface area contributed by atoms with Crippen molar-refractivity contribution in [1.82, 2.24) is 9.97 Å². The number of ether oxygens (including phenoxy) is 1. The zero-order chi connectivity index (χ0) is 17.9. The monoisotopic (exact) mass is 357 g/mol. The number of nitrogens with zero attached hydrogens (tertiary/aromatic N) is 2. The number of anilines is 1. The van der Waals surface area contributed by atoms with Gasteiger partial charge >= 0.3 is 0 Å². The molecule has 0 amide bonds. The smallest absolute Gasteiger partial charge is 0.175 e. The van der Waals surface area contributed by atoms with Gasteiger partial charge in [-0.3, -0.25) is 0 Å². The molecule has 0 aliphatic carbocycles. The summed E-state index contributed by atoms with van der Waals surface area (Å²) in [5, 5.41) is 3.94. The molecular formula is C18H19N3O3S. The van der Waals surface area contributed by atoms with Crippen molar-refractivity contribution in [2.24, 2.45) is 0 Å². The van der Waals surface area contributed by atoms with Gasteiger partial charge in [0.05, 0.1) is 17.0 Å². The molecule has 0 bridgehead atoms. The predicted octanol–water partition coefficient (Wildman–Crippen LogP) is 2.79. The summed E-state index contributed by atoms with van der Waals surface area (Å²) >= 11 is 0. The molecule has 0 fully saturated rings. The maximum atomic E-state index is 11.8. The molecule has 3 rings (SSSR count). The highest BCUT2D eigenvalue weighted by Crippen LogP contribution is 2.23. The van der Waals surface area contributed by atoms with E-state index in [9.17, 15) is 8.42 Å². The molecule has 1 heterocycles. The van der Waals surface area contributed by atoms with Crippen LogP contribution in [0.15, 0.2) is 53.7 Å². The van der Waals surface area contributed by atoms with E-state index in [-0.39, 0.29) is 4.90 Å². The summed E-state index contributed by atoms with van der Waals surface area (Å²) in [6.07, 6.45) is 2.65. The Bertz CT molecular complexity index is 986. The van der Waals surface area contributed by atoms with E-state index in [0.29, 0.717) is 29.9 Å². The molecule has 1 aromatic heterocycles. The number of nitrogens with one attached hydrogen (secondary N) is 1. The topological polar surface area (TPSA) is 81.2 Å². The van der Waals surface area contributed by atoms with E-state index in [1.54, 1.807) is 25.3 Å². The standard InChI is InChI=1S/C18H19N3O3S/c1-24-11-14-5-3-13(4-6-14)10-19-18-16-9-15(25(2,22)23)7-8-17(16)20-12-21-18/h3-9,12H,10-11H2,1-2H3,(H,19,20,21). The van der Waals surface area contributed by atoms with Crippen molar-refractivity contribution < 1.29 is 13.2 Å². The third-order valence-corrected chi connectivity index (χ3v) is 4.94. The van der Waals surface area contributed by atoms with E-state index >= 15 is 0 Å². The first-order chi connectivity index (χ1) is 12.0. The summed E-state index contributed by atoms with van der Waals surface area (Å²) in [6, 6.07) is 12.9. The highest BCUT2D eigenvalue weighted by atomic mass is 32.2. The minimum Gasteiger partial charge on any atom is -0.380 e. The fourth-order valence-electron chi connectivity index (χ4n) is 2.51. The van der Waals surface area contributed by atoms with Crippen molar-refractivity contribution in [3.8, 4) is 0 Å². The molecule has 0 saturated carbocycles. The lowest BCUT2D eigenvalue weighted by molar-refractivity contribution is 0.185. The van der Waals surface area contributed by atoms with Crippen molar-refractivity contribution in [1.29, 1.82) is 0 Å². The number of fused-ring (bicyclic) bond motifs is 1. The van der Waals surface area contributed by atoms with Crippen LogP contribution < -0.4 is 5.32 Å². The molecule has 6 nitrogen and oxygen atoms in total. The Labute approximate surface area is 146 Å². The number of rotatable bonds is 6. The van der Waals surface area contributed by atoms with E-state index in [0.717, 1.165) is 11.1 Å². The zero-order valence-corrected chi connectivity index (χ0v) is 14.9. The Balaban J connectivity index is 1.85. The Morgan fingerprint density at radius 2 is 1.76 bits per heavy atom. The second kappa shape index (κ2) is 7.16. The van der Waals surface area contributed by atoms with Gasteiger partial charge in [0, 0.05) is 25.3 Å². The number of hydrogen-bond acceptors (Lipinski definition) is 6. The molecule has 1 N–H and O–H groups in total. The summed E-state index contributed by atoms with van der Waals surface area (Å²) in [5.41, 5.74) is 2.89. The van der Waals surface area contributed by atoms with Gasteiger partial charge in [-0.25, -0.2) is 18.4 Å². The fourth-order valence-corrected chi connectivity index (χ4v) is 3.16. The van der Waals surface area contributed by atoms with Crippen LogP contribution in [0.5, 0.6) is 0 Å². The van der Waals surface area contributed by atoms with Gasteiger partial charge < -0.3 is 10.1 Å². The highest BCUT2D eigenvalue weighted by Gasteiger charge is 2.11. The summed E-state index contributed by atoms with van der Waals surface area (Å²) in [4.78, 5) is 8.70. The quantitative estimate of drug-likeness (QED) is 0.731. The van der Waals surface area contributed by atoms with Crippen LogP contribution in [-0.4, -0.2) is 31.8 Å². The first-order valence-electron chi connectivity index (χ1n) is 7.73. The van der Waals surface area contributed by atoms with E-state index in [4.69, 9.17) is 4.74 Å². The number of hydrogen-bond donors (Lipinski definition) is 1. The lowest BCUT2D eigenvalue weighted by Gasteiger charge is -2.10. The molecule has 130 valence electrons. The van der Waals surface area contributed by atoms with E-state index < -0.39 is 9.84 Å². The molecule has 3 aromatic rings. The van der Waals surface area contributed by atoms with Gasteiger partial charge in [-0.2, -0.15) is 0 Å². The number of benzene rings is 2. The Morgan fingerprint density at radius 3 is 2.44 bits per heavy atom. The fraction of sp³-hybridized carbons (Fsp3) is 0.222. The Kier molecular flexibility index (Phi) is 4.96. The molecule has 0 unspecified atom stereocenters. The third-order valence-electron chi connectivity index (χ3n) is 3.83. The maximum Gasteiger partial charge on any atom is 0.175 e. The van der Waals surface area contributed by atoms with Crippen LogP contribution in [0.25, 0.3) is 10.9 Å². The lowest BCUT2D eigenvalue weighted by Crippen LogP contribution is -2.04. The van der Waals surface area contributed by atoms with E-state index in [1.807, 2.05) is 24.3 Å². The van der Waals surface area contributed by atoms with E-state index in [1.165, 1.54) is 12.6 Å². The van der Waals surface area contributed by atoms with Crippen LogP contribution >= 0.6 is 0 Å². The molecular weight excluding hydrogens is 338 g/mol. The SMILES string of the molecule is COCc1ccc(CNc2ncnc3ccc(S(C)(=O)=O)cc23)cc1. The summed E-state index contributed by atoms with van der Waals surface area (Å²) in [6.45, 7) is 1.15. The van der Waals surface area contributed by atoms with Crippen LogP contribution in [-0.2, 0) is 27.7 Å². The number of sulfone groups is 1. The van der Waals surface area contributed by atoms with Gasteiger partial charge in [0.15, 0.2) is 9.84 Å². The summed E-state index contributed by atoms with van der Waals surface area (Å²) in [7, 11) is -1.62. The van der Waals surface area contributed by atoms with Crippen LogP contribution in [0, 0.1) is 0 Å². The average Bonchev–Trinajstić information content (AvgIpc) is 2.60. The van der Waals surface area contributed by atoms with Gasteiger partial charge in [0.25, 0.3) is 0 Å². The van der Waals surface area contributed by atoms with Gasteiger partial charge in [0.1, 0.15) is 12.1 Å². The van der Waals surface area contributed by atoms with Gasteiger partial charge in [0.2, 0.25) is 0 Å². The van der Waals surface area contributed by atoms with Crippen molar-refractivity contribution in [3.05, 3.63) is 59.9 Å². The third kappa shape index (κ3) is 4.12. The van der Waals surface area contributed by atoms with Gasteiger partial charge in [-0.1, -0.05) is 24.3 Å². The minimum atomic E-state index is -3.28. The van der Waals surface area contributed by atoms with Crippen molar-refractivity contribution in [3.63, 3.8) is 0 Å². The first kappa shape index (κ1) is 17.3. The largest absolute Gasteiger partial charge is 0.380 e. The summed E-state index contributed by atoms with van der Waals surface area (Å²) < 4.78 is 28.7. The zero-order valence-electron chi connectivity index (χ0n) is 14.1. The summed E-state index contributed by atoms with van der Waals surface area (Å²) in [5.74, 6) is 0.608. The lowest BCUT2D eigenvalue weighted by atomic mass is 10.1. The maximum absolute atomic E-state index is 11.8. The average molecular weight is 357 g/mol. The van der Waals surface area contributed by atoms with Crippen molar-refractivity contribution in [2.45, 2.75) is 18.0 Å². The van der Waals surface area contributed by atoms with Gasteiger partial charge in [-0.15, -0.1) is 0 Å². The molecule has 0 aliphatic rings. The molecule has 7 heteroatoms. The Morgan fingerprint density at radius 1 is 1.04 bits per heavy atom.